The lowest BCUT2D eigenvalue weighted by molar-refractivity contribution is 0.236. The number of aliphatic hydroxyl groups is 1. The Morgan fingerprint density at radius 3 is 3.14 bits per heavy atom. The van der Waals surface area contributed by atoms with Crippen molar-refractivity contribution in [1.29, 1.82) is 0 Å². The maximum Gasteiger partial charge on any atom is 0.172 e. The summed E-state index contributed by atoms with van der Waals surface area (Å²) in [4.78, 5) is 3.98. The van der Waals surface area contributed by atoms with Crippen LogP contribution in [0.3, 0.4) is 0 Å². The van der Waals surface area contributed by atoms with Gasteiger partial charge >= 0.3 is 0 Å². The summed E-state index contributed by atoms with van der Waals surface area (Å²) < 4.78 is 10.8. The summed E-state index contributed by atoms with van der Waals surface area (Å²) in [5.41, 5.74) is 0.688. The zero-order valence-corrected chi connectivity index (χ0v) is 7.86. The van der Waals surface area contributed by atoms with Crippen LogP contribution in [-0.4, -0.2) is 16.7 Å². The van der Waals surface area contributed by atoms with Gasteiger partial charge in [0.15, 0.2) is 11.5 Å². The molecular formula is C10H11NO3. The molecule has 1 N–H and O–H groups in total. The third-order valence-electron chi connectivity index (χ3n) is 1.94. The number of aromatic nitrogens is 1. The predicted molar refractivity (Wildman–Crippen MR) is 51.1 cm³/mol. The zero-order valence-electron chi connectivity index (χ0n) is 7.86. The highest BCUT2D eigenvalue weighted by Gasteiger charge is 2.13. The average molecular weight is 193 g/mol. The molecule has 0 radical (unpaired) electrons. The van der Waals surface area contributed by atoms with Crippen LogP contribution >= 0.6 is 0 Å². The van der Waals surface area contributed by atoms with E-state index in [0.29, 0.717) is 23.7 Å². The fourth-order valence-corrected chi connectivity index (χ4v) is 1.38. The molecule has 74 valence electrons. The average Bonchev–Trinajstić information content (AvgIpc) is 2.58. The Hall–Kier alpha value is -1.55. The number of furan rings is 1. The molecule has 0 amide bonds. The highest BCUT2D eigenvalue weighted by Crippen LogP contribution is 2.32. The Balaban J connectivity index is 2.61. The number of fused-ring (bicyclic) bond motifs is 1. The van der Waals surface area contributed by atoms with Crippen LogP contribution in [0.25, 0.3) is 11.0 Å². The predicted octanol–water partition coefficient (Wildman–Crippen LogP) is 1.72. The maximum atomic E-state index is 9.05. The molecule has 2 aromatic heterocycles. The van der Waals surface area contributed by atoms with E-state index in [1.54, 1.807) is 18.5 Å². The van der Waals surface area contributed by atoms with Gasteiger partial charge in [-0.25, -0.2) is 0 Å². The van der Waals surface area contributed by atoms with Crippen molar-refractivity contribution in [2.75, 3.05) is 6.61 Å². The molecule has 14 heavy (non-hydrogen) atoms. The number of pyridine rings is 1. The minimum atomic E-state index is -0.163. The quantitative estimate of drug-likeness (QED) is 0.806. The number of aliphatic hydroxyl groups excluding tert-OH is 1. The monoisotopic (exact) mass is 193 g/mol. The Morgan fingerprint density at radius 2 is 2.43 bits per heavy atom. The van der Waals surface area contributed by atoms with E-state index >= 15 is 0 Å². The molecule has 0 atom stereocenters. The van der Waals surface area contributed by atoms with Crippen molar-refractivity contribution in [3.8, 4) is 5.75 Å². The van der Waals surface area contributed by atoms with Crippen LogP contribution in [0, 0.1) is 0 Å². The first-order valence-corrected chi connectivity index (χ1v) is 4.46. The fourth-order valence-electron chi connectivity index (χ4n) is 1.38. The van der Waals surface area contributed by atoms with Crippen LogP contribution in [0.4, 0.5) is 0 Å². The van der Waals surface area contributed by atoms with Crippen LogP contribution < -0.4 is 4.74 Å². The largest absolute Gasteiger partial charge is 0.489 e. The summed E-state index contributed by atoms with van der Waals surface area (Å²) in [6.07, 6.45) is 3.31. The van der Waals surface area contributed by atoms with Gasteiger partial charge in [-0.2, -0.15) is 0 Å². The third kappa shape index (κ3) is 1.33. The topological polar surface area (TPSA) is 55.5 Å². The summed E-state index contributed by atoms with van der Waals surface area (Å²) >= 11 is 0. The van der Waals surface area contributed by atoms with Gasteiger partial charge in [0.25, 0.3) is 0 Å². The van der Waals surface area contributed by atoms with Gasteiger partial charge in [-0.05, 0) is 13.0 Å². The van der Waals surface area contributed by atoms with Crippen LogP contribution in [0.5, 0.6) is 5.75 Å². The standard InChI is InChI=1S/C10H11NO3/c1-2-13-10-7-5-11-4-3-8(7)14-9(10)6-12/h3-5,12H,2,6H2,1H3. The van der Waals surface area contributed by atoms with E-state index in [4.69, 9.17) is 14.3 Å². The normalized spacial score (nSPS) is 10.7. The van der Waals surface area contributed by atoms with Crippen LogP contribution in [0.15, 0.2) is 22.9 Å². The molecule has 0 aromatic carbocycles. The van der Waals surface area contributed by atoms with Crippen molar-refractivity contribution in [1.82, 2.24) is 4.98 Å². The summed E-state index contributed by atoms with van der Waals surface area (Å²) in [5.74, 6) is 1.05. The lowest BCUT2D eigenvalue weighted by Gasteiger charge is -2.00. The van der Waals surface area contributed by atoms with Gasteiger partial charge in [-0.1, -0.05) is 0 Å². The van der Waals surface area contributed by atoms with Crippen molar-refractivity contribution in [3.05, 3.63) is 24.2 Å². The second-order valence-electron chi connectivity index (χ2n) is 2.82. The molecule has 0 aliphatic heterocycles. The van der Waals surface area contributed by atoms with Crippen molar-refractivity contribution < 1.29 is 14.3 Å². The molecule has 2 rings (SSSR count). The molecule has 0 bridgehead atoms. The molecular weight excluding hydrogens is 182 g/mol. The molecule has 2 heterocycles. The summed E-state index contributed by atoms with van der Waals surface area (Å²) in [5, 5.41) is 9.86. The third-order valence-corrected chi connectivity index (χ3v) is 1.94. The Labute approximate surface area is 81.1 Å². The molecule has 0 aliphatic carbocycles. The van der Waals surface area contributed by atoms with E-state index in [1.165, 1.54) is 0 Å². The molecule has 0 aliphatic rings. The Bertz CT molecular complexity index is 436. The number of nitrogens with zero attached hydrogens (tertiary/aromatic N) is 1. The SMILES string of the molecule is CCOc1c(CO)oc2ccncc12. The van der Waals surface area contributed by atoms with Crippen molar-refractivity contribution in [3.63, 3.8) is 0 Å². The number of hydrogen-bond acceptors (Lipinski definition) is 4. The summed E-state index contributed by atoms with van der Waals surface area (Å²) in [6.45, 7) is 2.26. The Kier molecular flexibility index (Phi) is 2.37. The highest BCUT2D eigenvalue weighted by molar-refractivity contribution is 5.84. The van der Waals surface area contributed by atoms with Crippen LogP contribution in [-0.2, 0) is 6.61 Å². The van der Waals surface area contributed by atoms with Gasteiger partial charge in [0.2, 0.25) is 0 Å². The first-order chi connectivity index (χ1) is 6.86. The number of hydrogen-bond donors (Lipinski definition) is 1. The van der Waals surface area contributed by atoms with Crippen LogP contribution in [0.1, 0.15) is 12.7 Å². The molecule has 0 saturated carbocycles. The van der Waals surface area contributed by atoms with E-state index in [1.807, 2.05) is 6.92 Å². The van der Waals surface area contributed by atoms with E-state index in [2.05, 4.69) is 4.98 Å². The van der Waals surface area contributed by atoms with Gasteiger partial charge < -0.3 is 14.3 Å². The molecule has 0 saturated heterocycles. The number of ether oxygens (including phenoxy) is 1. The Morgan fingerprint density at radius 1 is 1.57 bits per heavy atom. The minimum absolute atomic E-state index is 0.163. The van der Waals surface area contributed by atoms with E-state index in [9.17, 15) is 0 Å². The fraction of sp³-hybridized carbons (Fsp3) is 0.300. The molecule has 2 aromatic rings. The summed E-state index contributed by atoms with van der Waals surface area (Å²) in [7, 11) is 0. The van der Waals surface area contributed by atoms with Crippen molar-refractivity contribution >= 4 is 11.0 Å². The molecule has 0 spiro atoms. The van der Waals surface area contributed by atoms with Gasteiger partial charge in [-0.3, -0.25) is 4.98 Å². The van der Waals surface area contributed by atoms with E-state index < -0.39 is 0 Å². The molecule has 4 nitrogen and oxygen atoms in total. The molecule has 0 unspecified atom stereocenters. The lowest BCUT2D eigenvalue weighted by Crippen LogP contribution is -1.93. The van der Waals surface area contributed by atoms with E-state index in [-0.39, 0.29) is 6.61 Å². The van der Waals surface area contributed by atoms with Crippen LogP contribution in [0.2, 0.25) is 0 Å². The minimum Gasteiger partial charge on any atom is -0.489 e. The van der Waals surface area contributed by atoms with E-state index in [0.717, 1.165) is 5.39 Å². The first kappa shape index (κ1) is 9.02. The second-order valence-corrected chi connectivity index (χ2v) is 2.82. The van der Waals surface area contributed by atoms with Gasteiger partial charge in [-0.15, -0.1) is 0 Å². The molecule has 4 heteroatoms. The maximum absolute atomic E-state index is 9.05. The number of rotatable bonds is 3. The smallest absolute Gasteiger partial charge is 0.172 e. The first-order valence-electron chi connectivity index (χ1n) is 4.46. The van der Waals surface area contributed by atoms with Crippen molar-refractivity contribution in [2.24, 2.45) is 0 Å². The lowest BCUT2D eigenvalue weighted by atomic mass is 10.3. The second kappa shape index (κ2) is 3.67. The zero-order chi connectivity index (χ0) is 9.97. The summed E-state index contributed by atoms with van der Waals surface area (Å²) in [6, 6.07) is 1.75. The molecule has 0 fully saturated rings. The van der Waals surface area contributed by atoms with Crippen molar-refractivity contribution in [2.45, 2.75) is 13.5 Å². The van der Waals surface area contributed by atoms with Gasteiger partial charge in [0, 0.05) is 12.4 Å². The van der Waals surface area contributed by atoms with Gasteiger partial charge in [0.05, 0.1) is 12.0 Å². The van der Waals surface area contributed by atoms with Gasteiger partial charge in [0.1, 0.15) is 12.2 Å². The highest BCUT2D eigenvalue weighted by atomic mass is 16.5.